The molecule has 0 atom stereocenters. The molecule has 0 aliphatic carbocycles. The van der Waals surface area contributed by atoms with E-state index in [1.54, 1.807) is 28.0 Å². The van der Waals surface area contributed by atoms with Gasteiger partial charge in [0.2, 0.25) is 5.91 Å². The molecular formula is C9H15FmN2O4S2-. The molecule has 9 heteroatoms. The van der Waals surface area contributed by atoms with Crippen LogP contribution in [0, 0.1) is 0 Å². The molecule has 3 N–H and O–H groups in total. The molecule has 0 unspecified atom stereocenters. The quantitative estimate of drug-likeness (QED) is 0.149. The Morgan fingerprint density at radius 3 is 2.28 bits per heavy atom. The van der Waals surface area contributed by atoms with Gasteiger partial charge in [0.25, 0.3) is 0 Å². The Hall–Kier alpha value is -1.89. The number of carboxylic acid groups (broad SMARTS) is 1. The summed E-state index contributed by atoms with van der Waals surface area (Å²) in [5.41, 5.74) is 0. The van der Waals surface area contributed by atoms with Crippen molar-refractivity contribution in [2.24, 2.45) is 0 Å². The molecule has 18 heavy (non-hydrogen) atoms. The number of carbonyl (C=O) groups excluding carboxylic acids is 2. The van der Waals surface area contributed by atoms with Gasteiger partial charge in [0, 0.05) is 24.5 Å². The zero-order valence-electron chi connectivity index (χ0n) is 9.52. The summed E-state index contributed by atoms with van der Waals surface area (Å²) in [4.78, 5) is 31.0. The van der Waals surface area contributed by atoms with Gasteiger partial charge in [0.15, 0.2) is 0 Å². The molecule has 0 rings (SSSR count). The van der Waals surface area contributed by atoms with Crippen molar-refractivity contribution in [3.63, 3.8) is 0 Å². The predicted octanol–water partition coefficient (Wildman–Crippen LogP) is 0.00560. The predicted molar refractivity (Wildman–Crippen MR) is 68.5 cm³/mol. The molecule has 6 nitrogen and oxygen atoms in total. The second-order valence-corrected chi connectivity index (χ2v) is 5.62. The maximum Gasteiger partial charge on any atom is 0.303 e. The topological polar surface area (TPSA) is 95.5 Å². The van der Waals surface area contributed by atoms with Gasteiger partial charge in [-0.05, 0) is 6.54 Å². The van der Waals surface area contributed by atoms with Crippen LogP contribution >= 0.6 is 21.6 Å². The van der Waals surface area contributed by atoms with Gasteiger partial charge in [-0.2, -0.15) is 6.41 Å². The largest absolute Gasteiger partial charge is 0.529 e. The normalized spacial score (nSPS) is 9.11. The summed E-state index contributed by atoms with van der Waals surface area (Å²) in [5, 5.41) is 13.4. The number of amides is 2. The van der Waals surface area contributed by atoms with Gasteiger partial charge in [0.1, 0.15) is 0 Å². The molecule has 0 saturated carbocycles. The zero-order valence-corrected chi connectivity index (χ0v) is 13.6. The average Bonchev–Trinajstić information content (AvgIpc) is 2.30. The Kier molecular flexibility index (Phi) is 13.5. The summed E-state index contributed by atoms with van der Waals surface area (Å²) >= 11 is 0. The number of carboxylic acids is 1. The fraction of sp³-hybridized carbons (Fsp3) is 0.667. The monoisotopic (exact) mass is 536 g/mol. The Labute approximate surface area is 108 Å². The summed E-state index contributed by atoms with van der Waals surface area (Å²) in [6, 6.07) is 0. The Morgan fingerprint density at radius 2 is 1.72 bits per heavy atom. The first-order chi connectivity index (χ1) is 8.16. The number of rotatable bonds is 11. The molecule has 0 radical (unpaired) electrons. The van der Waals surface area contributed by atoms with E-state index in [9.17, 15) is 14.4 Å². The molecule has 2 amide bonds. The molecular weight excluding hydrogens is 521 g/mol. The zero-order chi connectivity index (χ0) is 12.9. The average molecular weight is 536 g/mol. The maximum atomic E-state index is 11.1. The first kappa shape index (κ1) is 18.5. The third-order valence-electron chi connectivity index (χ3n) is 1.54. The number of nitrogens with one attached hydrogen (secondary N) is 2. The third-order valence-corrected chi connectivity index (χ3v) is 3.95. The molecule has 0 saturated heterocycles. The van der Waals surface area contributed by atoms with E-state index >= 15 is 0 Å². The van der Waals surface area contributed by atoms with Gasteiger partial charge in [-0.15, -0.1) is 0 Å². The van der Waals surface area contributed by atoms with E-state index in [4.69, 9.17) is 5.11 Å². The fourth-order valence-electron chi connectivity index (χ4n) is 0.803. The van der Waals surface area contributed by atoms with Crippen molar-refractivity contribution in [3.8, 4) is 0 Å². The summed E-state index contributed by atoms with van der Waals surface area (Å²) < 4.78 is 0. The third kappa shape index (κ3) is 14.1. The summed E-state index contributed by atoms with van der Waals surface area (Å²) in [7, 11) is 3.18. The van der Waals surface area contributed by atoms with Crippen LogP contribution in [-0.4, -0.2) is 48.0 Å². The van der Waals surface area contributed by atoms with E-state index in [0.717, 1.165) is 11.5 Å². The van der Waals surface area contributed by atoms with Gasteiger partial charge in [-0.3, -0.25) is 9.59 Å². The minimum atomic E-state index is -0.968. The smallest absolute Gasteiger partial charge is 0.303 e. The van der Waals surface area contributed by atoms with Crippen molar-refractivity contribution in [3.05, 3.63) is 0 Å². The van der Waals surface area contributed by atoms with E-state index in [1.807, 2.05) is 0 Å². The van der Waals surface area contributed by atoms with Gasteiger partial charge in [0.05, 0.1) is 6.42 Å². The molecule has 0 aliphatic heterocycles. The van der Waals surface area contributed by atoms with Crippen LogP contribution in [0.1, 0.15) is 12.8 Å². The van der Waals surface area contributed by atoms with E-state index < -0.39 is 5.97 Å². The number of hydrogen-bond donors (Lipinski definition) is 3. The first-order valence-electron chi connectivity index (χ1n) is 4.99. The molecule has 0 heterocycles. The van der Waals surface area contributed by atoms with Gasteiger partial charge in [-0.1, -0.05) is 21.6 Å². The number of carbonyl (C=O) groups is 2. The van der Waals surface area contributed by atoms with Crippen molar-refractivity contribution in [1.29, 1.82) is 0 Å². The molecule has 0 aromatic carbocycles. The molecule has 0 aliphatic rings. The van der Waals surface area contributed by atoms with Gasteiger partial charge >= 0.3 is 5.97 Å². The standard InChI is InChI=1S/C9H15N2O4S2.Fm/c12-7-10-3-5-16-17-6-4-11-8(13)1-2-9(14)15;/h1-6H2,(H,10,12)(H,11,13)(H,14,15);/q-1;. The summed E-state index contributed by atoms with van der Waals surface area (Å²) in [6.45, 7) is 1.09. The fourth-order valence-corrected chi connectivity index (χ4v) is 2.62. The van der Waals surface area contributed by atoms with Crippen LogP contribution in [0.2, 0.25) is 0 Å². The second kappa shape index (κ2) is 13.2. The van der Waals surface area contributed by atoms with Crippen LogP contribution in [0.25, 0.3) is 0 Å². The van der Waals surface area contributed by atoms with Crippen molar-refractivity contribution in [2.75, 3.05) is 24.6 Å². The Balaban J connectivity index is 0. The van der Waals surface area contributed by atoms with Crippen LogP contribution in [0.3, 0.4) is 0 Å². The Bertz CT molecular complexity index is 257. The van der Waals surface area contributed by atoms with Gasteiger partial charge < -0.3 is 20.5 Å². The van der Waals surface area contributed by atoms with Crippen LogP contribution in [-0.2, 0) is 14.4 Å². The minimum absolute atomic E-state index is 0. The number of hydrogen-bond acceptors (Lipinski definition) is 5. The van der Waals surface area contributed by atoms with E-state index in [-0.39, 0.29) is 18.7 Å². The molecule has 0 bridgehead atoms. The molecule has 0 spiro atoms. The van der Waals surface area contributed by atoms with Crippen molar-refractivity contribution < 1.29 is 19.5 Å². The number of aliphatic carboxylic acids is 1. The Morgan fingerprint density at radius 1 is 1.11 bits per heavy atom. The first-order valence-corrected chi connectivity index (χ1v) is 7.48. The van der Waals surface area contributed by atoms with Crippen molar-refractivity contribution in [1.82, 2.24) is 10.6 Å². The van der Waals surface area contributed by atoms with Crippen LogP contribution < -0.4 is 10.6 Å². The van der Waals surface area contributed by atoms with Crippen molar-refractivity contribution >= 4 is 39.9 Å². The second-order valence-electron chi connectivity index (χ2n) is 2.92. The van der Waals surface area contributed by atoms with E-state index in [1.165, 1.54) is 0 Å². The molecule has 0 fully saturated rings. The maximum absolute atomic E-state index is 11.1. The van der Waals surface area contributed by atoms with Crippen LogP contribution in [0.15, 0.2) is 0 Å². The molecule has 0 aromatic rings. The van der Waals surface area contributed by atoms with Gasteiger partial charge in [-0.25, -0.2) is 0 Å². The van der Waals surface area contributed by atoms with Crippen molar-refractivity contribution in [2.45, 2.75) is 12.8 Å². The van der Waals surface area contributed by atoms with E-state index in [2.05, 4.69) is 10.6 Å². The van der Waals surface area contributed by atoms with E-state index in [0.29, 0.717) is 13.1 Å². The summed E-state index contributed by atoms with van der Waals surface area (Å²) in [5.74, 6) is 0.320. The molecule has 0 aromatic heterocycles. The molecule has 110 valence electrons. The van der Waals surface area contributed by atoms with Crippen LogP contribution in [0.5, 0.6) is 0 Å². The SMILES string of the molecule is O=[C-]NCCSSCCNC(=O)CCC(=O)O.[Fm]. The summed E-state index contributed by atoms with van der Waals surface area (Å²) in [6.07, 6.45) is 1.46. The minimum Gasteiger partial charge on any atom is -0.529 e. The van der Waals surface area contributed by atoms with Crippen LogP contribution in [0.4, 0.5) is 0 Å².